The van der Waals surface area contributed by atoms with Gasteiger partial charge in [0.1, 0.15) is 5.82 Å². The van der Waals surface area contributed by atoms with Crippen LogP contribution >= 0.6 is 0 Å². The first kappa shape index (κ1) is 22.2. The second-order valence-corrected chi connectivity index (χ2v) is 9.31. The van der Waals surface area contributed by atoms with Crippen LogP contribution in [0.1, 0.15) is 23.2 Å². The number of amides is 2. The number of nitrogens with two attached hydrogens (primary N) is 1. The summed E-state index contributed by atoms with van der Waals surface area (Å²) >= 11 is 0. The Morgan fingerprint density at radius 3 is 2.61 bits per heavy atom. The van der Waals surface area contributed by atoms with Crippen LogP contribution in [0.3, 0.4) is 0 Å². The minimum atomic E-state index is -3.75. The molecule has 0 spiro atoms. The highest BCUT2D eigenvalue weighted by Gasteiger charge is 2.25. The van der Waals surface area contributed by atoms with Crippen molar-refractivity contribution in [2.75, 3.05) is 29.6 Å². The van der Waals surface area contributed by atoms with Gasteiger partial charge >= 0.3 is 0 Å². The normalized spacial score (nSPS) is 16.5. The van der Waals surface area contributed by atoms with Crippen LogP contribution < -0.4 is 16.0 Å². The van der Waals surface area contributed by atoms with Gasteiger partial charge in [-0.05, 0) is 31.0 Å². The molecule has 164 valence electrons. The first-order valence-corrected chi connectivity index (χ1v) is 11.2. The topological polar surface area (TPSA) is 166 Å². The third kappa shape index (κ3) is 5.34. The van der Waals surface area contributed by atoms with E-state index in [-0.39, 0.29) is 22.3 Å². The number of piperidine rings is 1. The Bertz CT molecular complexity index is 1130. The highest BCUT2D eigenvalue weighted by atomic mass is 32.2. The lowest BCUT2D eigenvalue weighted by molar-refractivity contribution is -0.385. The number of nitro benzene ring substituents is 1. The molecule has 0 bridgehead atoms. The van der Waals surface area contributed by atoms with Crippen LogP contribution in [0.4, 0.5) is 17.2 Å². The van der Waals surface area contributed by atoms with Crippen molar-refractivity contribution in [1.82, 2.24) is 4.98 Å². The zero-order chi connectivity index (χ0) is 22.8. The van der Waals surface area contributed by atoms with E-state index in [4.69, 9.17) is 5.73 Å². The Labute approximate surface area is 178 Å². The summed E-state index contributed by atoms with van der Waals surface area (Å²) in [5.74, 6) is -0.680. The van der Waals surface area contributed by atoms with Crippen molar-refractivity contribution in [2.24, 2.45) is 11.7 Å². The van der Waals surface area contributed by atoms with E-state index in [1.807, 2.05) is 4.90 Å². The molecule has 1 aliphatic heterocycles. The highest BCUT2D eigenvalue weighted by Crippen LogP contribution is 2.24. The van der Waals surface area contributed by atoms with Crippen LogP contribution in [0.15, 0.2) is 41.4 Å². The second kappa shape index (κ2) is 8.68. The van der Waals surface area contributed by atoms with Gasteiger partial charge in [0.05, 0.1) is 27.6 Å². The molecule has 1 aromatic carbocycles. The number of nitrogens with one attached hydrogen (secondary N) is 1. The Morgan fingerprint density at radius 1 is 1.29 bits per heavy atom. The van der Waals surface area contributed by atoms with Gasteiger partial charge in [0.2, 0.25) is 5.91 Å². The number of hydrogen-bond donors (Lipinski definition) is 2. The van der Waals surface area contributed by atoms with Gasteiger partial charge in [-0.3, -0.25) is 19.7 Å². The molecule has 11 nitrogen and oxygen atoms in total. The number of non-ortho nitro benzene ring substituents is 1. The van der Waals surface area contributed by atoms with Crippen molar-refractivity contribution in [1.29, 1.82) is 0 Å². The van der Waals surface area contributed by atoms with Crippen molar-refractivity contribution < 1.29 is 22.9 Å². The zero-order valence-electron chi connectivity index (χ0n) is 16.6. The number of carbonyl (C=O) groups excluding carboxylic acids is 2. The van der Waals surface area contributed by atoms with Gasteiger partial charge in [0.25, 0.3) is 11.6 Å². The molecule has 1 aliphatic rings. The van der Waals surface area contributed by atoms with E-state index in [0.717, 1.165) is 43.8 Å². The number of nitrogens with zero attached hydrogens (tertiary/aromatic N) is 3. The Morgan fingerprint density at radius 2 is 2.03 bits per heavy atom. The zero-order valence-corrected chi connectivity index (χ0v) is 17.5. The SMILES string of the molecule is CS(=O)(=O)c1cc(C(=O)Nc2ccc(N3CCCC(C(N)=O)C3)nc2)cc([N+](=O)[O-])c1. The monoisotopic (exact) mass is 447 g/mol. The smallest absolute Gasteiger partial charge is 0.271 e. The molecule has 1 atom stereocenters. The molecule has 12 heteroatoms. The van der Waals surface area contributed by atoms with E-state index in [2.05, 4.69) is 10.3 Å². The Kier molecular flexibility index (Phi) is 6.20. The maximum atomic E-state index is 12.6. The van der Waals surface area contributed by atoms with E-state index >= 15 is 0 Å². The summed E-state index contributed by atoms with van der Waals surface area (Å²) in [5.41, 5.74) is 5.05. The summed E-state index contributed by atoms with van der Waals surface area (Å²) in [4.78, 5) is 40.2. The number of rotatable bonds is 6. The van der Waals surface area contributed by atoms with E-state index in [0.29, 0.717) is 18.1 Å². The molecule has 1 saturated heterocycles. The third-order valence-electron chi connectivity index (χ3n) is 4.95. The Balaban J connectivity index is 1.77. The average Bonchev–Trinajstić information content (AvgIpc) is 2.73. The lowest BCUT2D eigenvalue weighted by atomic mass is 9.97. The predicted molar refractivity (Wildman–Crippen MR) is 113 cm³/mol. The van der Waals surface area contributed by atoms with Crippen molar-refractivity contribution >= 4 is 38.8 Å². The lowest BCUT2D eigenvalue weighted by Gasteiger charge is -2.32. The van der Waals surface area contributed by atoms with Crippen molar-refractivity contribution in [3.05, 3.63) is 52.2 Å². The number of pyridine rings is 1. The maximum absolute atomic E-state index is 12.6. The van der Waals surface area contributed by atoms with Gasteiger partial charge in [-0.2, -0.15) is 0 Å². The van der Waals surface area contributed by atoms with Gasteiger partial charge in [0.15, 0.2) is 9.84 Å². The van der Waals surface area contributed by atoms with Crippen LogP contribution in [-0.2, 0) is 14.6 Å². The molecule has 2 amide bonds. The number of aromatic nitrogens is 1. The van der Waals surface area contributed by atoms with Gasteiger partial charge < -0.3 is 16.0 Å². The van der Waals surface area contributed by atoms with Crippen LogP contribution in [-0.4, -0.2) is 49.5 Å². The number of carbonyl (C=O) groups is 2. The van der Waals surface area contributed by atoms with Crippen LogP contribution in [0.5, 0.6) is 0 Å². The van der Waals surface area contributed by atoms with Crippen molar-refractivity contribution in [3.8, 4) is 0 Å². The molecule has 3 rings (SSSR count). The van der Waals surface area contributed by atoms with Crippen LogP contribution in [0.25, 0.3) is 0 Å². The number of sulfone groups is 1. The van der Waals surface area contributed by atoms with Gasteiger partial charge in [0, 0.05) is 37.0 Å². The first-order valence-electron chi connectivity index (χ1n) is 9.36. The molecule has 0 aliphatic carbocycles. The quantitative estimate of drug-likeness (QED) is 0.494. The van der Waals surface area contributed by atoms with Crippen molar-refractivity contribution in [2.45, 2.75) is 17.7 Å². The fourth-order valence-electron chi connectivity index (χ4n) is 3.30. The summed E-state index contributed by atoms with van der Waals surface area (Å²) in [6, 6.07) is 6.26. The highest BCUT2D eigenvalue weighted by molar-refractivity contribution is 7.90. The van der Waals surface area contributed by atoms with E-state index in [9.17, 15) is 28.1 Å². The molecule has 0 radical (unpaired) electrons. The molecule has 1 fully saturated rings. The summed E-state index contributed by atoms with van der Waals surface area (Å²) < 4.78 is 23.6. The predicted octanol–water partition coefficient (Wildman–Crippen LogP) is 1.35. The maximum Gasteiger partial charge on any atom is 0.271 e. The summed E-state index contributed by atoms with van der Waals surface area (Å²) in [6.07, 6.45) is 3.86. The lowest BCUT2D eigenvalue weighted by Crippen LogP contribution is -2.41. The largest absolute Gasteiger partial charge is 0.369 e. The summed E-state index contributed by atoms with van der Waals surface area (Å²) in [6.45, 7) is 1.19. The van der Waals surface area contributed by atoms with Crippen LogP contribution in [0.2, 0.25) is 0 Å². The van der Waals surface area contributed by atoms with Crippen LogP contribution in [0, 0.1) is 16.0 Å². The molecule has 31 heavy (non-hydrogen) atoms. The molecule has 1 unspecified atom stereocenters. The molecule has 2 heterocycles. The molecule has 3 N–H and O–H groups in total. The van der Waals surface area contributed by atoms with Gasteiger partial charge in [-0.15, -0.1) is 0 Å². The average molecular weight is 447 g/mol. The number of hydrogen-bond acceptors (Lipinski definition) is 8. The van der Waals surface area contributed by atoms with Crippen molar-refractivity contribution in [3.63, 3.8) is 0 Å². The van der Waals surface area contributed by atoms with Gasteiger partial charge in [-0.25, -0.2) is 13.4 Å². The standard InChI is InChI=1S/C19H21N5O6S/c1-31(29,30)16-8-13(7-15(9-16)24(27)28)19(26)22-14-4-5-17(21-10-14)23-6-2-3-12(11-23)18(20)25/h4-5,7-10,12H,2-3,6,11H2,1H3,(H2,20,25)(H,22,26). The summed E-state index contributed by atoms with van der Waals surface area (Å²) in [7, 11) is -3.75. The fraction of sp³-hybridized carbons (Fsp3) is 0.316. The number of primary amides is 1. The Hall–Kier alpha value is -3.54. The molecular formula is C19H21N5O6S. The summed E-state index contributed by atoms with van der Waals surface area (Å²) in [5, 5.41) is 13.7. The minimum Gasteiger partial charge on any atom is -0.369 e. The molecule has 2 aromatic rings. The molecule has 0 saturated carbocycles. The first-order chi connectivity index (χ1) is 14.5. The second-order valence-electron chi connectivity index (χ2n) is 7.29. The fourth-order valence-corrected chi connectivity index (χ4v) is 3.98. The minimum absolute atomic E-state index is 0.168. The third-order valence-corrected chi connectivity index (χ3v) is 6.04. The van der Waals surface area contributed by atoms with Gasteiger partial charge in [-0.1, -0.05) is 0 Å². The number of anilines is 2. The van der Waals surface area contributed by atoms with E-state index in [1.54, 1.807) is 12.1 Å². The number of nitro groups is 1. The molecular weight excluding hydrogens is 426 g/mol. The number of benzene rings is 1. The molecule has 1 aromatic heterocycles. The van der Waals surface area contributed by atoms with E-state index in [1.165, 1.54) is 6.20 Å². The van der Waals surface area contributed by atoms with E-state index < -0.39 is 26.4 Å².